The largest absolute Gasteiger partial charge is 0.353 e. The Labute approximate surface area is 184 Å². The maximum Gasteiger partial charge on any atom is 0.194 e. The second-order valence-corrected chi connectivity index (χ2v) is 6.64. The lowest BCUT2D eigenvalue weighted by atomic mass is 10.1. The molecule has 0 saturated carbocycles. The van der Waals surface area contributed by atoms with Gasteiger partial charge in [-0.05, 0) is 24.1 Å². The monoisotopic (exact) mass is 492 g/mol. The minimum atomic E-state index is 0. The van der Waals surface area contributed by atoms with E-state index in [9.17, 15) is 0 Å². The van der Waals surface area contributed by atoms with E-state index in [1.54, 1.807) is 0 Å². The van der Waals surface area contributed by atoms with Gasteiger partial charge in [0.2, 0.25) is 0 Å². The molecule has 1 aromatic carbocycles. The third kappa shape index (κ3) is 5.85. The number of hydrogen-bond acceptors (Lipinski definition) is 2. The SMILES string of the molecule is CN=C(NCc1nccn1CCc1ccccc1)N(C)Cc1cccn1C.I. The predicted octanol–water partition coefficient (Wildman–Crippen LogP) is 3.29. The first-order chi connectivity index (χ1) is 13.2. The molecular formula is C21H29IN6. The minimum Gasteiger partial charge on any atom is -0.353 e. The number of aliphatic imine (C=N–C) groups is 1. The Bertz CT molecular complexity index is 868. The average molecular weight is 492 g/mol. The molecule has 150 valence electrons. The molecule has 0 aliphatic rings. The highest BCUT2D eigenvalue weighted by Crippen LogP contribution is 2.06. The fraction of sp³-hybridized carbons (Fsp3) is 0.333. The van der Waals surface area contributed by atoms with Gasteiger partial charge in [-0.15, -0.1) is 24.0 Å². The van der Waals surface area contributed by atoms with Crippen LogP contribution in [0.5, 0.6) is 0 Å². The van der Waals surface area contributed by atoms with Gasteiger partial charge in [0.1, 0.15) is 5.82 Å². The van der Waals surface area contributed by atoms with Gasteiger partial charge < -0.3 is 19.4 Å². The second kappa shape index (κ2) is 10.9. The Kier molecular flexibility index (Phi) is 8.56. The van der Waals surface area contributed by atoms with Crippen LogP contribution in [0.2, 0.25) is 0 Å². The molecule has 0 bridgehead atoms. The second-order valence-electron chi connectivity index (χ2n) is 6.64. The smallest absolute Gasteiger partial charge is 0.194 e. The van der Waals surface area contributed by atoms with E-state index in [0.29, 0.717) is 6.54 Å². The van der Waals surface area contributed by atoms with Crippen LogP contribution in [0.15, 0.2) is 66.0 Å². The Morgan fingerprint density at radius 2 is 1.93 bits per heavy atom. The Morgan fingerprint density at radius 3 is 2.61 bits per heavy atom. The molecule has 3 rings (SSSR count). The van der Waals surface area contributed by atoms with Crippen molar-refractivity contribution >= 4 is 29.9 Å². The fourth-order valence-corrected chi connectivity index (χ4v) is 3.13. The van der Waals surface area contributed by atoms with Crippen molar-refractivity contribution in [2.24, 2.45) is 12.0 Å². The maximum absolute atomic E-state index is 4.51. The molecule has 0 atom stereocenters. The summed E-state index contributed by atoms with van der Waals surface area (Å²) >= 11 is 0. The highest BCUT2D eigenvalue weighted by molar-refractivity contribution is 14.0. The molecular weight excluding hydrogens is 463 g/mol. The fourth-order valence-electron chi connectivity index (χ4n) is 3.13. The summed E-state index contributed by atoms with van der Waals surface area (Å²) in [5.41, 5.74) is 2.58. The molecule has 28 heavy (non-hydrogen) atoms. The lowest BCUT2D eigenvalue weighted by Gasteiger charge is -2.22. The van der Waals surface area contributed by atoms with Crippen molar-refractivity contribution in [3.8, 4) is 0 Å². The highest BCUT2D eigenvalue weighted by Gasteiger charge is 2.10. The molecule has 0 radical (unpaired) electrons. The predicted molar refractivity (Wildman–Crippen MR) is 125 cm³/mol. The van der Waals surface area contributed by atoms with Gasteiger partial charge in [0.15, 0.2) is 5.96 Å². The number of guanidine groups is 1. The third-order valence-corrected chi connectivity index (χ3v) is 4.71. The van der Waals surface area contributed by atoms with Crippen LogP contribution in [0.25, 0.3) is 0 Å². The average Bonchev–Trinajstić information content (AvgIpc) is 3.30. The molecule has 0 amide bonds. The molecule has 0 aliphatic carbocycles. The number of aromatic nitrogens is 3. The quantitative estimate of drug-likeness (QED) is 0.313. The number of nitrogens with one attached hydrogen (secondary N) is 1. The van der Waals surface area contributed by atoms with Crippen LogP contribution < -0.4 is 5.32 Å². The van der Waals surface area contributed by atoms with Crippen LogP contribution in [0.3, 0.4) is 0 Å². The van der Waals surface area contributed by atoms with Crippen LogP contribution in [0.1, 0.15) is 17.1 Å². The number of hydrogen-bond donors (Lipinski definition) is 1. The zero-order valence-electron chi connectivity index (χ0n) is 16.7. The number of benzene rings is 1. The molecule has 0 fully saturated rings. The standard InChI is InChI=1S/C21H28N6.HI/c1-22-21(26(3)17-19-10-7-13-25(19)2)24-16-20-23-12-15-27(20)14-11-18-8-5-4-6-9-18;/h4-10,12-13,15H,11,14,16-17H2,1-3H3,(H,22,24);1H. The van der Waals surface area contributed by atoms with Gasteiger partial charge in [0, 0.05) is 52.0 Å². The molecule has 7 heteroatoms. The molecule has 3 aromatic rings. The first-order valence-electron chi connectivity index (χ1n) is 9.23. The van der Waals surface area contributed by atoms with E-state index in [-0.39, 0.29) is 24.0 Å². The summed E-state index contributed by atoms with van der Waals surface area (Å²) in [7, 11) is 5.92. The first-order valence-corrected chi connectivity index (χ1v) is 9.23. The van der Waals surface area contributed by atoms with Gasteiger partial charge in [0.25, 0.3) is 0 Å². The minimum absolute atomic E-state index is 0. The molecule has 0 spiro atoms. The number of halogens is 1. The zero-order valence-corrected chi connectivity index (χ0v) is 19.1. The summed E-state index contributed by atoms with van der Waals surface area (Å²) in [4.78, 5) is 11.0. The van der Waals surface area contributed by atoms with Crippen molar-refractivity contribution in [1.82, 2.24) is 24.3 Å². The molecule has 0 unspecified atom stereocenters. The molecule has 2 heterocycles. The van der Waals surface area contributed by atoms with Crippen molar-refractivity contribution < 1.29 is 0 Å². The zero-order chi connectivity index (χ0) is 19.1. The molecule has 2 aromatic heterocycles. The highest BCUT2D eigenvalue weighted by atomic mass is 127. The lowest BCUT2D eigenvalue weighted by Crippen LogP contribution is -2.38. The Hall–Kier alpha value is -2.29. The van der Waals surface area contributed by atoms with Crippen LogP contribution in [0, 0.1) is 0 Å². The van der Waals surface area contributed by atoms with Crippen LogP contribution >= 0.6 is 24.0 Å². The van der Waals surface area contributed by atoms with Crippen LogP contribution in [-0.4, -0.2) is 39.1 Å². The Balaban J connectivity index is 0.00000280. The summed E-state index contributed by atoms with van der Waals surface area (Å²) in [6.07, 6.45) is 6.95. The van der Waals surface area contributed by atoms with Gasteiger partial charge in [-0.1, -0.05) is 30.3 Å². The van der Waals surface area contributed by atoms with E-state index in [0.717, 1.165) is 31.3 Å². The van der Waals surface area contributed by atoms with Crippen molar-refractivity contribution in [2.45, 2.75) is 26.1 Å². The van der Waals surface area contributed by atoms with Crippen LogP contribution in [-0.2, 0) is 33.1 Å². The molecule has 0 aliphatic heterocycles. The third-order valence-electron chi connectivity index (χ3n) is 4.71. The number of rotatable bonds is 7. The van der Waals surface area contributed by atoms with E-state index in [2.05, 4.69) is 79.0 Å². The van der Waals surface area contributed by atoms with Crippen molar-refractivity contribution in [3.63, 3.8) is 0 Å². The lowest BCUT2D eigenvalue weighted by molar-refractivity contribution is 0.459. The van der Waals surface area contributed by atoms with Gasteiger partial charge in [-0.3, -0.25) is 4.99 Å². The van der Waals surface area contributed by atoms with Crippen molar-refractivity contribution in [2.75, 3.05) is 14.1 Å². The van der Waals surface area contributed by atoms with E-state index in [1.807, 2.05) is 32.6 Å². The first kappa shape index (κ1) is 22.0. The normalized spacial score (nSPS) is 11.2. The van der Waals surface area contributed by atoms with Crippen molar-refractivity contribution in [1.29, 1.82) is 0 Å². The molecule has 1 N–H and O–H groups in total. The number of nitrogens with zero attached hydrogens (tertiary/aromatic N) is 5. The van der Waals surface area contributed by atoms with Gasteiger partial charge in [0.05, 0.1) is 13.1 Å². The van der Waals surface area contributed by atoms with Crippen molar-refractivity contribution in [3.05, 3.63) is 78.1 Å². The summed E-state index contributed by atoms with van der Waals surface area (Å²) in [6.45, 7) is 2.36. The maximum atomic E-state index is 4.51. The number of aryl methyl sites for hydroxylation is 3. The number of imidazole rings is 1. The van der Waals surface area contributed by atoms with Gasteiger partial charge in [-0.2, -0.15) is 0 Å². The summed E-state index contributed by atoms with van der Waals surface area (Å²) in [6, 6.07) is 14.7. The van der Waals surface area contributed by atoms with E-state index in [1.165, 1.54) is 11.3 Å². The van der Waals surface area contributed by atoms with E-state index < -0.39 is 0 Å². The topological polar surface area (TPSA) is 50.4 Å². The summed E-state index contributed by atoms with van der Waals surface area (Å²) in [5.74, 6) is 1.87. The van der Waals surface area contributed by atoms with E-state index >= 15 is 0 Å². The van der Waals surface area contributed by atoms with E-state index in [4.69, 9.17) is 0 Å². The molecule has 0 saturated heterocycles. The molecule has 6 nitrogen and oxygen atoms in total. The van der Waals surface area contributed by atoms with Gasteiger partial charge in [-0.25, -0.2) is 4.98 Å². The van der Waals surface area contributed by atoms with Crippen LogP contribution in [0.4, 0.5) is 0 Å². The van der Waals surface area contributed by atoms with Gasteiger partial charge >= 0.3 is 0 Å². The summed E-state index contributed by atoms with van der Waals surface area (Å²) in [5, 5.41) is 3.43. The Morgan fingerprint density at radius 1 is 1.14 bits per heavy atom. The summed E-state index contributed by atoms with van der Waals surface area (Å²) < 4.78 is 4.32.